The Labute approximate surface area is 104 Å². The Morgan fingerprint density at radius 1 is 1.24 bits per heavy atom. The Bertz CT molecular complexity index is 269. The van der Waals surface area contributed by atoms with Crippen molar-refractivity contribution in [3.8, 4) is 0 Å². The molecule has 3 nitrogen and oxygen atoms in total. The fourth-order valence-electron chi connectivity index (χ4n) is 3.93. The molecule has 17 heavy (non-hydrogen) atoms. The van der Waals surface area contributed by atoms with Crippen LogP contribution >= 0.6 is 0 Å². The minimum absolute atomic E-state index is 0.353. The number of rotatable bonds is 3. The van der Waals surface area contributed by atoms with Crippen LogP contribution in [0.5, 0.6) is 0 Å². The number of carboxylic acids is 1. The molecule has 0 bridgehead atoms. The van der Waals surface area contributed by atoms with E-state index >= 15 is 0 Å². The van der Waals surface area contributed by atoms with Crippen LogP contribution in [-0.2, 0) is 4.79 Å². The molecule has 1 saturated heterocycles. The first kappa shape index (κ1) is 12.9. The van der Waals surface area contributed by atoms with Gasteiger partial charge in [0.1, 0.15) is 0 Å². The van der Waals surface area contributed by atoms with Crippen molar-refractivity contribution < 1.29 is 9.90 Å². The molecular weight excluding hydrogens is 214 g/mol. The maximum absolute atomic E-state index is 10.7. The standard InChI is InChI=1S/C14H25NO2/c1-10-4-3-5-11(2)14(10)15-7-6-12(9-15)8-13(16)17/h10-12,14H,3-9H2,1-2H3,(H,16,17). The SMILES string of the molecule is CC1CCCC(C)C1N1CCC(CC(=O)O)C1. The molecule has 3 unspecified atom stereocenters. The Kier molecular flexibility index (Phi) is 4.08. The van der Waals surface area contributed by atoms with Crippen molar-refractivity contribution in [1.29, 1.82) is 0 Å². The van der Waals surface area contributed by atoms with Gasteiger partial charge in [0.25, 0.3) is 0 Å². The summed E-state index contributed by atoms with van der Waals surface area (Å²) in [6.45, 7) is 6.85. The molecule has 2 aliphatic rings. The van der Waals surface area contributed by atoms with Crippen molar-refractivity contribution in [2.24, 2.45) is 17.8 Å². The van der Waals surface area contributed by atoms with Gasteiger partial charge in [-0.2, -0.15) is 0 Å². The summed E-state index contributed by atoms with van der Waals surface area (Å²) in [7, 11) is 0. The monoisotopic (exact) mass is 239 g/mol. The third kappa shape index (κ3) is 3.01. The van der Waals surface area contributed by atoms with E-state index in [4.69, 9.17) is 5.11 Å². The molecule has 0 spiro atoms. The van der Waals surface area contributed by atoms with Crippen LogP contribution in [-0.4, -0.2) is 35.1 Å². The summed E-state index contributed by atoms with van der Waals surface area (Å²) < 4.78 is 0. The lowest BCUT2D eigenvalue weighted by atomic mass is 9.78. The second-order valence-electron chi connectivity index (χ2n) is 6.12. The fraction of sp³-hybridized carbons (Fsp3) is 0.929. The van der Waals surface area contributed by atoms with Crippen LogP contribution < -0.4 is 0 Å². The second kappa shape index (κ2) is 5.38. The zero-order chi connectivity index (χ0) is 12.4. The molecule has 1 aliphatic carbocycles. The predicted molar refractivity (Wildman–Crippen MR) is 67.9 cm³/mol. The molecule has 0 aromatic rings. The van der Waals surface area contributed by atoms with Gasteiger partial charge in [0.15, 0.2) is 0 Å². The Balaban J connectivity index is 1.92. The van der Waals surface area contributed by atoms with E-state index in [1.54, 1.807) is 0 Å². The van der Waals surface area contributed by atoms with E-state index in [1.807, 2.05) is 0 Å². The highest BCUT2D eigenvalue weighted by atomic mass is 16.4. The van der Waals surface area contributed by atoms with E-state index in [2.05, 4.69) is 18.7 Å². The molecule has 0 aromatic carbocycles. The zero-order valence-electron chi connectivity index (χ0n) is 11.1. The molecule has 2 rings (SSSR count). The molecule has 1 N–H and O–H groups in total. The third-order valence-electron chi connectivity index (χ3n) is 4.69. The quantitative estimate of drug-likeness (QED) is 0.823. The second-order valence-corrected chi connectivity index (χ2v) is 6.12. The predicted octanol–water partition coefficient (Wildman–Crippen LogP) is 2.61. The van der Waals surface area contributed by atoms with Gasteiger partial charge >= 0.3 is 5.97 Å². The summed E-state index contributed by atoms with van der Waals surface area (Å²) in [6.07, 6.45) is 5.48. The molecule has 0 aromatic heterocycles. The maximum Gasteiger partial charge on any atom is 0.303 e. The Hall–Kier alpha value is -0.570. The summed E-state index contributed by atoms with van der Waals surface area (Å²) >= 11 is 0. The minimum Gasteiger partial charge on any atom is -0.481 e. The molecule has 0 radical (unpaired) electrons. The van der Waals surface area contributed by atoms with Crippen LogP contribution in [0.15, 0.2) is 0 Å². The highest BCUT2D eigenvalue weighted by Gasteiger charge is 2.36. The van der Waals surface area contributed by atoms with Crippen molar-refractivity contribution in [3.63, 3.8) is 0 Å². The van der Waals surface area contributed by atoms with Gasteiger partial charge in [0, 0.05) is 19.0 Å². The summed E-state index contributed by atoms with van der Waals surface area (Å²) in [5.74, 6) is 1.31. The highest BCUT2D eigenvalue weighted by molar-refractivity contribution is 5.67. The number of carboxylic acid groups (broad SMARTS) is 1. The molecular formula is C14H25NO2. The minimum atomic E-state index is -0.637. The Morgan fingerprint density at radius 2 is 1.88 bits per heavy atom. The lowest BCUT2D eigenvalue weighted by molar-refractivity contribution is -0.138. The molecule has 0 amide bonds. The molecule has 1 saturated carbocycles. The van der Waals surface area contributed by atoms with Crippen molar-refractivity contribution in [2.45, 2.75) is 52.0 Å². The first-order valence-corrected chi connectivity index (χ1v) is 7.03. The lowest BCUT2D eigenvalue weighted by Gasteiger charge is -2.41. The number of hydrogen-bond acceptors (Lipinski definition) is 2. The summed E-state index contributed by atoms with van der Waals surface area (Å²) in [6, 6.07) is 0.697. The van der Waals surface area contributed by atoms with Gasteiger partial charge in [0.2, 0.25) is 0 Å². The van der Waals surface area contributed by atoms with Crippen molar-refractivity contribution in [1.82, 2.24) is 4.90 Å². The van der Waals surface area contributed by atoms with E-state index < -0.39 is 5.97 Å². The normalized spacial score (nSPS) is 39.4. The first-order chi connectivity index (χ1) is 8.08. The topological polar surface area (TPSA) is 40.5 Å². The number of aliphatic carboxylic acids is 1. The summed E-state index contributed by atoms with van der Waals surface area (Å²) in [5.41, 5.74) is 0. The molecule has 3 atom stereocenters. The van der Waals surface area contributed by atoms with E-state index in [-0.39, 0.29) is 0 Å². The highest BCUT2D eigenvalue weighted by Crippen LogP contribution is 2.35. The third-order valence-corrected chi connectivity index (χ3v) is 4.69. The van der Waals surface area contributed by atoms with Gasteiger partial charge < -0.3 is 5.11 Å². The molecule has 1 aliphatic heterocycles. The van der Waals surface area contributed by atoms with Crippen LogP contribution in [0.4, 0.5) is 0 Å². The van der Waals surface area contributed by atoms with Gasteiger partial charge in [-0.1, -0.05) is 20.3 Å². The van der Waals surface area contributed by atoms with Crippen LogP contribution in [0.1, 0.15) is 46.0 Å². The lowest BCUT2D eigenvalue weighted by Crippen LogP contribution is -2.45. The molecule has 1 heterocycles. The van der Waals surface area contributed by atoms with Gasteiger partial charge in [-0.15, -0.1) is 0 Å². The number of hydrogen-bond donors (Lipinski definition) is 1. The average Bonchev–Trinajstić information content (AvgIpc) is 2.65. The van der Waals surface area contributed by atoms with Crippen LogP contribution in [0.2, 0.25) is 0 Å². The number of carbonyl (C=O) groups is 1. The first-order valence-electron chi connectivity index (χ1n) is 7.03. The van der Waals surface area contributed by atoms with E-state index in [0.29, 0.717) is 18.4 Å². The van der Waals surface area contributed by atoms with E-state index in [1.165, 1.54) is 19.3 Å². The van der Waals surface area contributed by atoms with E-state index in [9.17, 15) is 4.79 Å². The van der Waals surface area contributed by atoms with Crippen LogP contribution in [0, 0.1) is 17.8 Å². The fourth-order valence-corrected chi connectivity index (χ4v) is 3.93. The number of likely N-dealkylation sites (tertiary alicyclic amines) is 1. The van der Waals surface area contributed by atoms with Gasteiger partial charge in [-0.3, -0.25) is 9.69 Å². The van der Waals surface area contributed by atoms with Gasteiger partial charge in [-0.25, -0.2) is 0 Å². The van der Waals surface area contributed by atoms with Crippen LogP contribution in [0.25, 0.3) is 0 Å². The van der Waals surface area contributed by atoms with E-state index in [0.717, 1.165) is 31.3 Å². The zero-order valence-corrected chi connectivity index (χ0v) is 11.1. The van der Waals surface area contributed by atoms with Gasteiger partial charge in [0.05, 0.1) is 0 Å². The van der Waals surface area contributed by atoms with Crippen molar-refractivity contribution in [3.05, 3.63) is 0 Å². The van der Waals surface area contributed by atoms with Crippen molar-refractivity contribution in [2.75, 3.05) is 13.1 Å². The Morgan fingerprint density at radius 3 is 2.47 bits per heavy atom. The van der Waals surface area contributed by atoms with Crippen molar-refractivity contribution >= 4 is 5.97 Å². The maximum atomic E-state index is 10.7. The van der Waals surface area contributed by atoms with Crippen LogP contribution in [0.3, 0.4) is 0 Å². The number of nitrogens with zero attached hydrogens (tertiary/aromatic N) is 1. The smallest absolute Gasteiger partial charge is 0.303 e. The molecule has 2 fully saturated rings. The summed E-state index contributed by atoms with van der Waals surface area (Å²) in [5, 5.41) is 8.86. The average molecular weight is 239 g/mol. The molecule has 98 valence electrons. The van der Waals surface area contributed by atoms with Gasteiger partial charge in [-0.05, 0) is 43.6 Å². The largest absolute Gasteiger partial charge is 0.481 e. The summed E-state index contributed by atoms with van der Waals surface area (Å²) in [4.78, 5) is 13.3. The molecule has 3 heteroatoms.